The maximum absolute atomic E-state index is 13.1. The van der Waals surface area contributed by atoms with Crippen LogP contribution in [0.25, 0.3) is 0 Å². The third kappa shape index (κ3) is 3.81. The minimum absolute atomic E-state index is 0. The van der Waals surface area contributed by atoms with E-state index in [9.17, 15) is 4.79 Å². The van der Waals surface area contributed by atoms with Crippen LogP contribution in [0.1, 0.15) is 44.1 Å². The van der Waals surface area contributed by atoms with Gasteiger partial charge in [0, 0.05) is 23.6 Å². The molecule has 1 saturated heterocycles. The first-order valence-electron chi connectivity index (χ1n) is 8.96. The number of benzene rings is 1. The molecule has 1 N–H and O–H groups in total. The molecule has 2 saturated carbocycles. The SMILES string of the molecule is Cl.O=C(N1CCC(NCC2CC2)CC1)C1(c2cccc(Br)c2)CC1. The summed E-state index contributed by atoms with van der Waals surface area (Å²) in [6.45, 7) is 3.01. The first-order chi connectivity index (χ1) is 11.2. The topological polar surface area (TPSA) is 32.3 Å². The lowest BCUT2D eigenvalue weighted by atomic mass is 9.93. The summed E-state index contributed by atoms with van der Waals surface area (Å²) < 4.78 is 1.07. The summed E-state index contributed by atoms with van der Waals surface area (Å²) >= 11 is 3.54. The molecule has 24 heavy (non-hydrogen) atoms. The lowest BCUT2D eigenvalue weighted by molar-refractivity contribution is -0.135. The number of likely N-dealkylation sites (tertiary alicyclic amines) is 1. The fraction of sp³-hybridized carbons (Fsp3) is 0.632. The van der Waals surface area contributed by atoms with E-state index in [0.29, 0.717) is 11.9 Å². The minimum atomic E-state index is -0.224. The molecule has 1 aromatic carbocycles. The molecule has 3 nitrogen and oxygen atoms in total. The van der Waals surface area contributed by atoms with E-state index in [4.69, 9.17) is 0 Å². The zero-order chi connectivity index (χ0) is 15.9. The maximum atomic E-state index is 13.1. The van der Waals surface area contributed by atoms with Gasteiger partial charge in [0.1, 0.15) is 0 Å². The molecule has 0 bridgehead atoms. The molecule has 1 aromatic rings. The van der Waals surface area contributed by atoms with Crippen molar-refractivity contribution in [2.75, 3.05) is 19.6 Å². The lowest BCUT2D eigenvalue weighted by Gasteiger charge is -2.35. The summed E-state index contributed by atoms with van der Waals surface area (Å²) in [6, 6.07) is 8.91. The van der Waals surface area contributed by atoms with E-state index in [0.717, 1.165) is 49.2 Å². The zero-order valence-electron chi connectivity index (χ0n) is 14.0. The van der Waals surface area contributed by atoms with E-state index in [-0.39, 0.29) is 17.8 Å². The highest BCUT2D eigenvalue weighted by Gasteiger charge is 2.53. The van der Waals surface area contributed by atoms with Gasteiger partial charge in [0.05, 0.1) is 5.41 Å². The van der Waals surface area contributed by atoms with Crippen LogP contribution < -0.4 is 5.32 Å². The summed E-state index contributed by atoms with van der Waals surface area (Å²) in [5.74, 6) is 1.29. The second-order valence-corrected chi connectivity index (χ2v) is 8.43. The Balaban J connectivity index is 0.00000169. The Labute approximate surface area is 159 Å². The highest BCUT2D eigenvalue weighted by Crippen LogP contribution is 2.50. The van der Waals surface area contributed by atoms with E-state index >= 15 is 0 Å². The van der Waals surface area contributed by atoms with E-state index < -0.39 is 0 Å². The van der Waals surface area contributed by atoms with Gasteiger partial charge >= 0.3 is 0 Å². The van der Waals surface area contributed by atoms with E-state index in [1.807, 2.05) is 12.1 Å². The molecule has 1 heterocycles. The highest BCUT2D eigenvalue weighted by atomic mass is 79.9. The molecule has 2 aliphatic carbocycles. The number of hydrogen-bond donors (Lipinski definition) is 1. The summed E-state index contributed by atoms with van der Waals surface area (Å²) in [5.41, 5.74) is 0.962. The van der Waals surface area contributed by atoms with E-state index in [1.54, 1.807) is 0 Å². The second-order valence-electron chi connectivity index (χ2n) is 7.51. The second kappa shape index (κ2) is 7.35. The molecule has 1 aliphatic heterocycles. The predicted molar refractivity (Wildman–Crippen MR) is 103 cm³/mol. The van der Waals surface area contributed by atoms with Crippen molar-refractivity contribution in [2.24, 2.45) is 5.92 Å². The number of carbonyl (C=O) groups is 1. The van der Waals surface area contributed by atoms with Crippen molar-refractivity contribution >= 4 is 34.2 Å². The smallest absolute Gasteiger partial charge is 0.233 e. The first kappa shape index (κ1) is 18.2. The van der Waals surface area contributed by atoms with Crippen LogP contribution in [0.15, 0.2) is 28.7 Å². The van der Waals surface area contributed by atoms with Crippen LogP contribution in [-0.2, 0) is 10.2 Å². The Morgan fingerprint density at radius 3 is 2.50 bits per heavy atom. The number of hydrogen-bond acceptors (Lipinski definition) is 2. The minimum Gasteiger partial charge on any atom is -0.342 e. The monoisotopic (exact) mass is 412 g/mol. The molecule has 0 atom stereocenters. The van der Waals surface area contributed by atoms with Gasteiger partial charge in [0.25, 0.3) is 0 Å². The van der Waals surface area contributed by atoms with Gasteiger partial charge in [0.15, 0.2) is 0 Å². The van der Waals surface area contributed by atoms with Crippen LogP contribution in [0.5, 0.6) is 0 Å². The van der Waals surface area contributed by atoms with Crippen LogP contribution >= 0.6 is 28.3 Å². The Hall–Kier alpha value is -0.580. The lowest BCUT2D eigenvalue weighted by Crippen LogP contribution is -2.48. The van der Waals surface area contributed by atoms with Gasteiger partial charge in [-0.2, -0.15) is 0 Å². The van der Waals surface area contributed by atoms with Gasteiger partial charge < -0.3 is 10.2 Å². The fourth-order valence-corrected chi connectivity index (χ4v) is 4.18. The van der Waals surface area contributed by atoms with Crippen LogP contribution in [0.4, 0.5) is 0 Å². The number of rotatable bonds is 5. The maximum Gasteiger partial charge on any atom is 0.233 e. The molecule has 0 unspecified atom stereocenters. The molecule has 0 radical (unpaired) electrons. The van der Waals surface area contributed by atoms with Gasteiger partial charge in [-0.15, -0.1) is 12.4 Å². The molecule has 132 valence electrons. The number of nitrogens with one attached hydrogen (secondary N) is 1. The molecular formula is C19H26BrClN2O. The predicted octanol–water partition coefficient (Wildman–Crippen LogP) is 3.89. The van der Waals surface area contributed by atoms with Crippen molar-refractivity contribution in [3.63, 3.8) is 0 Å². The number of amides is 1. The van der Waals surface area contributed by atoms with Gasteiger partial charge in [-0.05, 0) is 68.7 Å². The Bertz CT molecular complexity index is 593. The highest BCUT2D eigenvalue weighted by molar-refractivity contribution is 9.10. The average molecular weight is 414 g/mol. The Morgan fingerprint density at radius 2 is 1.92 bits per heavy atom. The Kier molecular flexibility index (Phi) is 5.58. The third-order valence-electron chi connectivity index (χ3n) is 5.71. The van der Waals surface area contributed by atoms with Crippen molar-refractivity contribution in [1.82, 2.24) is 10.2 Å². The van der Waals surface area contributed by atoms with E-state index in [2.05, 4.69) is 38.3 Å². The van der Waals surface area contributed by atoms with Crippen molar-refractivity contribution in [2.45, 2.75) is 50.0 Å². The van der Waals surface area contributed by atoms with Crippen LogP contribution in [0, 0.1) is 5.92 Å². The normalized spacial score (nSPS) is 22.8. The molecule has 5 heteroatoms. The molecule has 1 amide bonds. The molecule has 3 aliphatic rings. The number of piperidine rings is 1. The largest absolute Gasteiger partial charge is 0.342 e. The number of halogens is 2. The van der Waals surface area contributed by atoms with Gasteiger partial charge in [-0.1, -0.05) is 28.1 Å². The summed E-state index contributed by atoms with van der Waals surface area (Å²) in [4.78, 5) is 15.2. The summed E-state index contributed by atoms with van der Waals surface area (Å²) in [5, 5.41) is 3.69. The van der Waals surface area contributed by atoms with Gasteiger partial charge in [-0.25, -0.2) is 0 Å². The molecular weight excluding hydrogens is 388 g/mol. The molecule has 0 spiro atoms. The number of carbonyl (C=O) groups excluding carboxylic acids is 1. The molecule has 0 aromatic heterocycles. The molecule has 3 fully saturated rings. The van der Waals surface area contributed by atoms with Crippen molar-refractivity contribution in [1.29, 1.82) is 0 Å². The van der Waals surface area contributed by atoms with Crippen molar-refractivity contribution in [3.05, 3.63) is 34.3 Å². The Morgan fingerprint density at radius 1 is 1.21 bits per heavy atom. The quantitative estimate of drug-likeness (QED) is 0.794. The van der Waals surface area contributed by atoms with E-state index in [1.165, 1.54) is 24.9 Å². The van der Waals surface area contributed by atoms with Gasteiger partial charge in [-0.3, -0.25) is 4.79 Å². The zero-order valence-corrected chi connectivity index (χ0v) is 16.4. The summed E-state index contributed by atoms with van der Waals surface area (Å²) in [7, 11) is 0. The average Bonchev–Trinajstić information content (AvgIpc) is 3.47. The fourth-order valence-electron chi connectivity index (χ4n) is 3.78. The van der Waals surface area contributed by atoms with Crippen molar-refractivity contribution in [3.8, 4) is 0 Å². The van der Waals surface area contributed by atoms with Crippen molar-refractivity contribution < 1.29 is 4.79 Å². The first-order valence-corrected chi connectivity index (χ1v) is 9.75. The number of nitrogens with zero attached hydrogens (tertiary/aromatic N) is 1. The van der Waals surface area contributed by atoms with Crippen LogP contribution in [0.2, 0.25) is 0 Å². The standard InChI is InChI=1S/C19H25BrN2O.ClH/c20-16-3-1-2-15(12-16)19(8-9-19)18(23)22-10-6-17(7-11-22)21-13-14-4-5-14;/h1-3,12,14,17,21H,4-11,13H2;1H. The third-order valence-corrected chi connectivity index (χ3v) is 6.20. The van der Waals surface area contributed by atoms with Crippen LogP contribution in [0.3, 0.4) is 0 Å². The molecule has 4 rings (SSSR count). The summed E-state index contributed by atoms with van der Waals surface area (Å²) in [6.07, 6.45) is 7.02. The van der Waals surface area contributed by atoms with Gasteiger partial charge in [0.2, 0.25) is 5.91 Å². The van der Waals surface area contributed by atoms with Crippen LogP contribution in [-0.4, -0.2) is 36.5 Å².